The van der Waals surface area contributed by atoms with Crippen LogP contribution in [0.2, 0.25) is 0 Å². The van der Waals surface area contributed by atoms with Crippen LogP contribution in [0.1, 0.15) is 93.2 Å². The molecule has 30 heavy (non-hydrogen) atoms. The predicted molar refractivity (Wildman–Crippen MR) is 122 cm³/mol. The third-order valence-electron chi connectivity index (χ3n) is 11.1. The zero-order valence-corrected chi connectivity index (χ0v) is 18.2. The molecule has 1 aromatic carbocycles. The van der Waals surface area contributed by atoms with Gasteiger partial charge in [0.15, 0.2) is 0 Å². The summed E-state index contributed by atoms with van der Waals surface area (Å²) in [6.07, 6.45) is 28.6. The van der Waals surface area contributed by atoms with Gasteiger partial charge in [-0.15, -0.1) is 12.8 Å². The van der Waals surface area contributed by atoms with Gasteiger partial charge in [-0.3, -0.25) is 0 Å². The smallest absolute Gasteiger partial charge is 0.0434 e. The molecule has 0 heteroatoms. The average Bonchev–Trinajstić information content (AvgIpc) is 2.71. The van der Waals surface area contributed by atoms with E-state index in [1.807, 2.05) is 0 Å². The fraction of sp³-hybridized carbons (Fsp3) is 0.667. The maximum atomic E-state index is 6.12. The minimum atomic E-state index is 0.497. The van der Waals surface area contributed by atoms with Crippen LogP contribution in [0.25, 0.3) is 0 Å². The Labute approximate surface area is 182 Å². The Morgan fingerprint density at radius 3 is 1.80 bits per heavy atom. The van der Waals surface area contributed by atoms with Gasteiger partial charge in [-0.05, 0) is 135 Å². The summed E-state index contributed by atoms with van der Waals surface area (Å²) in [6, 6.07) is 6.64. The maximum absolute atomic E-state index is 6.12. The Hall–Kier alpha value is -1.66. The van der Waals surface area contributed by atoms with Gasteiger partial charge in [-0.25, -0.2) is 0 Å². The second kappa shape index (κ2) is 5.98. The van der Waals surface area contributed by atoms with Crippen LogP contribution in [0, 0.1) is 71.0 Å². The second-order valence-corrected chi connectivity index (χ2v) is 12.5. The molecule has 0 heterocycles. The highest BCUT2D eigenvalue weighted by atomic mass is 14.7. The van der Waals surface area contributed by atoms with Crippen LogP contribution in [0.5, 0.6) is 0 Å². The summed E-state index contributed by atoms with van der Waals surface area (Å²) in [6.45, 7) is 0. The molecule has 8 fully saturated rings. The van der Waals surface area contributed by atoms with Crippen molar-refractivity contribution in [1.82, 2.24) is 0 Å². The van der Waals surface area contributed by atoms with E-state index in [2.05, 4.69) is 30.0 Å². The number of benzene rings is 1. The molecule has 8 bridgehead atoms. The number of rotatable bonds is 2. The third kappa shape index (κ3) is 2.17. The topological polar surface area (TPSA) is 0 Å². The van der Waals surface area contributed by atoms with Gasteiger partial charge >= 0.3 is 0 Å². The summed E-state index contributed by atoms with van der Waals surface area (Å²) < 4.78 is 0. The van der Waals surface area contributed by atoms with Crippen molar-refractivity contribution in [3.63, 3.8) is 0 Å². The molecule has 0 spiro atoms. The molecular weight excluding hydrogens is 360 g/mol. The van der Waals surface area contributed by atoms with Crippen molar-refractivity contribution >= 4 is 0 Å². The molecule has 0 amide bonds. The summed E-state index contributed by atoms with van der Waals surface area (Å²) in [5.74, 6) is 12.5. The minimum absolute atomic E-state index is 0.497. The number of hydrogen-bond acceptors (Lipinski definition) is 0. The largest absolute Gasteiger partial charge is 0.115 e. The lowest BCUT2D eigenvalue weighted by Crippen LogP contribution is -2.63. The first-order valence-electron chi connectivity index (χ1n) is 12.7. The molecule has 0 saturated heterocycles. The lowest BCUT2D eigenvalue weighted by atomic mass is 9.32. The Balaban J connectivity index is 1.43. The van der Waals surface area contributed by atoms with Crippen LogP contribution in [0.4, 0.5) is 0 Å². The van der Waals surface area contributed by atoms with Crippen molar-refractivity contribution in [2.45, 2.75) is 76.5 Å². The van der Waals surface area contributed by atoms with Crippen LogP contribution in [-0.4, -0.2) is 0 Å². The van der Waals surface area contributed by atoms with Crippen LogP contribution in [0.15, 0.2) is 18.2 Å². The molecule has 8 saturated carbocycles. The van der Waals surface area contributed by atoms with Gasteiger partial charge in [0.2, 0.25) is 0 Å². The fourth-order valence-corrected chi connectivity index (χ4v) is 11.2. The first-order chi connectivity index (χ1) is 14.6. The van der Waals surface area contributed by atoms with Crippen LogP contribution >= 0.6 is 0 Å². The summed E-state index contributed by atoms with van der Waals surface area (Å²) in [7, 11) is 0. The Kier molecular flexibility index (Phi) is 3.58. The molecule has 9 rings (SSSR count). The van der Waals surface area contributed by atoms with Crippen LogP contribution in [-0.2, 0) is 0 Å². The van der Waals surface area contributed by atoms with Crippen molar-refractivity contribution in [3.05, 3.63) is 34.9 Å². The minimum Gasteiger partial charge on any atom is -0.115 e. The van der Waals surface area contributed by atoms with E-state index in [-0.39, 0.29) is 0 Å². The van der Waals surface area contributed by atoms with E-state index in [1.165, 1.54) is 76.2 Å². The predicted octanol–water partition coefficient (Wildman–Crippen LogP) is 6.78. The van der Waals surface area contributed by atoms with E-state index < -0.39 is 0 Å². The Bertz CT molecular complexity index is 931. The highest BCUT2D eigenvalue weighted by Gasteiger charge is 2.68. The zero-order chi connectivity index (χ0) is 20.1. The molecular formula is C30H34. The molecule has 0 N–H and O–H groups in total. The first kappa shape index (κ1) is 18.0. The molecule has 8 aliphatic carbocycles. The average molecular weight is 395 g/mol. The third-order valence-corrected chi connectivity index (χ3v) is 11.1. The number of terminal acetylenes is 2. The van der Waals surface area contributed by atoms with Gasteiger partial charge in [0.05, 0.1) is 0 Å². The van der Waals surface area contributed by atoms with Gasteiger partial charge in [0.25, 0.3) is 0 Å². The summed E-state index contributed by atoms with van der Waals surface area (Å²) in [5, 5.41) is 0. The van der Waals surface area contributed by atoms with E-state index >= 15 is 0 Å². The molecule has 3 unspecified atom stereocenters. The molecule has 0 aromatic heterocycles. The van der Waals surface area contributed by atoms with Gasteiger partial charge in [0, 0.05) is 11.1 Å². The van der Waals surface area contributed by atoms with Crippen LogP contribution < -0.4 is 0 Å². The molecule has 0 aliphatic heterocycles. The maximum Gasteiger partial charge on any atom is 0.0434 e. The van der Waals surface area contributed by atoms with Crippen LogP contribution in [0.3, 0.4) is 0 Å². The number of hydrogen-bond donors (Lipinski definition) is 0. The van der Waals surface area contributed by atoms with E-state index in [1.54, 1.807) is 0 Å². The van der Waals surface area contributed by atoms with Crippen molar-refractivity contribution in [2.75, 3.05) is 0 Å². The Morgan fingerprint density at radius 1 is 0.700 bits per heavy atom. The van der Waals surface area contributed by atoms with Crippen molar-refractivity contribution in [1.29, 1.82) is 0 Å². The molecule has 3 atom stereocenters. The van der Waals surface area contributed by atoms with E-state index in [0.717, 1.165) is 46.6 Å². The summed E-state index contributed by atoms with van der Waals surface area (Å²) in [5.41, 5.74) is 4.57. The van der Waals surface area contributed by atoms with Crippen molar-refractivity contribution in [2.24, 2.45) is 46.3 Å². The molecule has 8 aliphatic rings. The quantitative estimate of drug-likeness (QED) is 0.485. The normalized spacial score (nSPS) is 49.7. The molecule has 0 nitrogen and oxygen atoms in total. The lowest BCUT2D eigenvalue weighted by Gasteiger charge is -2.73. The Morgan fingerprint density at radius 2 is 1.27 bits per heavy atom. The van der Waals surface area contributed by atoms with Gasteiger partial charge in [0.1, 0.15) is 0 Å². The monoisotopic (exact) mass is 394 g/mol. The summed E-state index contributed by atoms with van der Waals surface area (Å²) in [4.78, 5) is 0. The highest BCUT2D eigenvalue weighted by molar-refractivity contribution is 5.55. The van der Waals surface area contributed by atoms with E-state index in [9.17, 15) is 0 Å². The lowest BCUT2D eigenvalue weighted by molar-refractivity contribution is -0.211. The van der Waals surface area contributed by atoms with E-state index in [0.29, 0.717) is 16.7 Å². The van der Waals surface area contributed by atoms with Crippen molar-refractivity contribution in [3.8, 4) is 24.7 Å². The zero-order valence-electron chi connectivity index (χ0n) is 18.2. The van der Waals surface area contributed by atoms with Crippen molar-refractivity contribution < 1.29 is 0 Å². The molecule has 154 valence electrons. The first-order valence-corrected chi connectivity index (χ1v) is 12.7. The van der Waals surface area contributed by atoms with Gasteiger partial charge < -0.3 is 0 Å². The molecule has 0 radical (unpaired) electrons. The SMILES string of the molecule is C#Cc1cccc(C2C3CC4CC(C3)CC2(C23CC5CC(CC(C5)C2)C3)C4)c1C#C. The highest BCUT2D eigenvalue weighted by Crippen LogP contribution is 2.78. The van der Waals surface area contributed by atoms with E-state index in [4.69, 9.17) is 12.8 Å². The standard InChI is InChI=1S/C30H34/c1-3-24-6-5-7-27(26(24)4-2)28-25-12-22-11-23(13-25)18-30(28,17-22)29-14-19-8-20(15-29)10-21(9-19)16-29/h1-2,5-7,19-23,25,28H,8-18H2. The molecule has 1 aromatic rings. The second-order valence-electron chi connectivity index (χ2n) is 12.5. The summed E-state index contributed by atoms with van der Waals surface area (Å²) >= 11 is 0. The van der Waals surface area contributed by atoms with Gasteiger partial charge in [-0.2, -0.15) is 0 Å². The van der Waals surface area contributed by atoms with Gasteiger partial charge in [-0.1, -0.05) is 24.0 Å². The fourth-order valence-electron chi connectivity index (χ4n) is 11.2.